The molecule has 0 aliphatic carbocycles. The van der Waals surface area contributed by atoms with Crippen LogP contribution >= 0.6 is 11.3 Å². The minimum atomic E-state index is -0.872. The molecule has 1 aliphatic rings. The molecule has 1 atom stereocenters. The molecule has 3 heterocycles. The number of nitro groups is 1. The number of methoxy groups -OCH3 is 1. The fourth-order valence-corrected chi connectivity index (χ4v) is 5.20. The van der Waals surface area contributed by atoms with E-state index in [0.29, 0.717) is 27.4 Å². The van der Waals surface area contributed by atoms with E-state index in [1.165, 1.54) is 29.9 Å². The van der Waals surface area contributed by atoms with Crippen LogP contribution in [-0.2, 0) is 9.53 Å². The van der Waals surface area contributed by atoms with Crippen molar-refractivity contribution in [2.75, 3.05) is 13.7 Å². The van der Waals surface area contributed by atoms with Gasteiger partial charge < -0.3 is 13.9 Å². The summed E-state index contributed by atoms with van der Waals surface area (Å²) in [6, 6.07) is 18.0. The molecule has 0 saturated carbocycles. The monoisotopic (exact) mass is 531 g/mol. The number of furan rings is 1. The van der Waals surface area contributed by atoms with Crippen LogP contribution in [0.1, 0.15) is 29.9 Å². The average Bonchev–Trinajstić information content (AvgIpc) is 3.53. The molecule has 0 unspecified atom stereocenters. The lowest BCUT2D eigenvalue weighted by molar-refractivity contribution is -0.402. The van der Waals surface area contributed by atoms with Gasteiger partial charge in [0.2, 0.25) is 0 Å². The quantitative estimate of drug-likeness (QED) is 0.203. The molecule has 2 aromatic carbocycles. The Morgan fingerprint density at radius 3 is 2.66 bits per heavy atom. The summed E-state index contributed by atoms with van der Waals surface area (Å²) in [5.41, 5.74) is 1.46. The van der Waals surface area contributed by atoms with Gasteiger partial charge in [0.15, 0.2) is 4.80 Å². The molecule has 0 N–H and O–H groups in total. The number of hydrogen-bond donors (Lipinski definition) is 0. The standard InChI is InChI=1S/C27H21N3O7S/c1-3-36-26(32)22-23(16-8-5-4-6-9-16)28-27-29(24(22)17-10-7-11-18(14-17)35-2)25(31)20(38-27)15-19-12-13-21(37-19)30(33)34/h4-15,24H,3H2,1-2H3/t24-/m0/s1. The zero-order valence-electron chi connectivity index (χ0n) is 20.3. The van der Waals surface area contributed by atoms with E-state index in [0.717, 1.165) is 11.3 Å². The minimum absolute atomic E-state index is 0.136. The van der Waals surface area contributed by atoms with Crippen LogP contribution in [0.5, 0.6) is 5.75 Å². The Bertz CT molecular complexity index is 1750. The smallest absolute Gasteiger partial charge is 0.433 e. The maximum atomic E-state index is 13.8. The highest BCUT2D eigenvalue weighted by Crippen LogP contribution is 2.36. The van der Waals surface area contributed by atoms with Crippen LogP contribution in [0.25, 0.3) is 11.8 Å². The van der Waals surface area contributed by atoms with E-state index in [4.69, 9.17) is 18.9 Å². The van der Waals surface area contributed by atoms with Gasteiger partial charge in [-0.2, -0.15) is 0 Å². The van der Waals surface area contributed by atoms with E-state index in [-0.39, 0.29) is 22.5 Å². The van der Waals surface area contributed by atoms with Crippen molar-refractivity contribution in [1.29, 1.82) is 0 Å². The molecule has 10 nitrogen and oxygen atoms in total. The van der Waals surface area contributed by atoms with Crippen LogP contribution in [0.4, 0.5) is 5.88 Å². The van der Waals surface area contributed by atoms with Crippen molar-refractivity contribution in [3.63, 3.8) is 0 Å². The molecule has 2 aromatic heterocycles. The normalized spacial score (nSPS) is 15.1. The molecule has 4 aromatic rings. The van der Waals surface area contributed by atoms with Crippen molar-refractivity contribution in [1.82, 2.24) is 4.57 Å². The number of carbonyl (C=O) groups is 1. The molecule has 5 rings (SSSR count). The lowest BCUT2D eigenvalue weighted by Crippen LogP contribution is -2.40. The zero-order chi connectivity index (χ0) is 26.8. The van der Waals surface area contributed by atoms with E-state index >= 15 is 0 Å². The lowest BCUT2D eigenvalue weighted by atomic mass is 9.93. The summed E-state index contributed by atoms with van der Waals surface area (Å²) in [4.78, 5) is 42.7. The summed E-state index contributed by atoms with van der Waals surface area (Å²) >= 11 is 1.09. The summed E-state index contributed by atoms with van der Waals surface area (Å²) in [7, 11) is 1.53. The highest BCUT2D eigenvalue weighted by atomic mass is 32.1. The van der Waals surface area contributed by atoms with Crippen LogP contribution in [0.3, 0.4) is 0 Å². The third kappa shape index (κ3) is 4.55. The average molecular weight is 532 g/mol. The maximum absolute atomic E-state index is 13.8. The molecule has 0 bridgehead atoms. The SMILES string of the molecule is CCOC(=O)C1=C(c2ccccc2)N=c2sc(=Cc3ccc([N+](=O)[O-])o3)c(=O)n2[C@H]1c1cccc(OC)c1. The molecular formula is C27H21N3O7S. The maximum Gasteiger partial charge on any atom is 0.433 e. The van der Waals surface area contributed by atoms with E-state index in [2.05, 4.69) is 0 Å². The number of benzene rings is 2. The molecule has 0 spiro atoms. The summed E-state index contributed by atoms with van der Waals surface area (Å²) in [5, 5.41) is 11.0. The number of fused-ring (bicyclic) bond motifs is 1. The first-order valence-corrected chi connectivity index (χ1v) is 12.4. The Balaban J connectivity index is 1.82. The number of hydrogen-bond acceptors (Lipinski definition) is 9. The summed E-state index contributed by atoms with van der Waals surface area (Å²) < 4.78 is 17.7. The second-order valence-electron chi connectivity index (χ2n) is 8.14. The predicted octanol–water partition coefficient (Wildman–Crippen LogP) is 3.45. The van der Waals surface area contributed by atoms with Gasteiger partial charge in [0, 0.05) is 11.6 Å². The molecule has 38 heavy (non-hydrogen) atoms. The Morgan fingerprint density at radius 1 is 1.18 bits per heavy atom. The second kappa shape index (κ2) is 10.3. The predicted molar refractivity (Wildman–Crippen MR) is 139 cm³/mol. The fraction of sp³-hybridized carbons (Fsp3) is 0.148. The van der Waals surface area contributed by atoms with Gasteiger partial charge in [-0.15, -0.1) is 0 Å². The van der Waals surface area contributed by atoms with Gasteiger partial charge in [-0.25, -0.2) is 9.79 Å². The number of carbonyl (C=O) groups excluding carboxylic acids is 1. The summed E-state index contributed by atoms with van der Waals surface area (Å²) in [6.45, 7) is 1.84. The highest BCUT2D eigenvalue weighted by molar-refractivity contribution is 7.07. The number of esters is 1. The van der Waals surface area contributed by atoms with Gasteiger partial charge in [-0.1, -0.05) is 53.8 Å². The van der Waals surface area contributed by atoms with Crippen molar-refractivity contribution >= 4 is 35.0 Å². The van der Waals surface area contributed by atoms with E-state index < -0.39 is 28.4 Å². The molecular weight excluding hydrogens is 510 g/mol. The summed E-state index contributed by atoms with van der Waals surface area (Å²) in [6.07, 6.45) is 1.43. The minimum Gasteiger partial charge on any atom is -0.497 e. The Hall–Kier alpha value is -4.77. The fourth-order valence-electron chi connectivity index (χ4n) is 4.21. The molecule has 0 radical (unpaired) electrons. The van der Waals surface area contributed by atoms with E-state index in [1.54, 1.807) is 31.2 Å². The zero-order valence-corrected chi connectivity index (χ0v) is 21.1. The van der Waals surface area contributed by atoms with Crippen LogP contribution < -0.4 is 19.6 Å². The van der Waals surface area contributed by atoms with Crippen molar-refractivity contribution in [2.24, 2.45) is 4.99 Å². The largest absolute Gasteiger partial charge is 0.497 e. The van der Waals surface area contributed by atoms with Gasteiger partial charge in [0.05, 0.1) is 41.6 Å². The summed E-state index contributed by atoms with van der Waals surface area (Å²) in [5.74, 6) is -0.338. The highest BCUT2D eigenvalue weighted by Gasteiger charge is 2.35. The number of ether oxygens (including phenoxy) is 2. The lowest BCUT2D eigenvalue weighted by Gasteiger charge is -2.26. The first-order chi connectivity index (χ1) is 18.4. The van der Waals surface area contributed by atoms with Gasteiger partial charge in [0.1, 0.15) is 16.4 Å². The number of nitrogens with zero attached hydrogens (tertiary/aromatic N) is 3. The molecule has 192 valence electrons. The van der Waals surface area contributed by atoms with Crippen LogP contribution in [0.2, 0.25) is 0 Å². The van der Waals surface area contributed by atoms with Crippen molar-refractivity contribution in [2.45, 2.75) is 13.0 Å². The molecule has 0 saturated heterocycles. The Morgan fingerprint density at radius 2 is 1.97 bits per heavy atom. The molecule has 0 amide bonds. The topological polar surface area (TPSA) is 126 Å². The van der Waals surface area contributed by atoms with Crippen molar-refractivity contribution < 1.29 is 23.6 Å². The van der Waals surface area contributed by atoms with E-state index in [1.807, 2.05) is 30.3 Å². The molecule has 0 fully saturated rings. The van der Waals surface area contributed by atoms with Gasteiger partial charge in [0.25, 0.3) is 5.56 Å². The third-order valence-corrected chi connectivity index (χ3v) is 6.83. The van der Waals surface area contributed by atoms with Crippen molar-refractivity contribution in [3.05, 3.63) is 119 Å². The second-order valence-corrected chi connectivity index (χ2v) is 9.15. The van der Waals surface area contributed by atoms with Crippen LogP contribution in [0.15, 0.2) is 86.5 Å². The Kier molecular flexibility index (Phi) is 6.75. The van der Waals surface area contributed by atoms with Gasteiger partial charge >= 0.3 is 11.9 Å². The van der Waals surface area contributed by atoms with Crippen LogP contribution in [0, 0.1) is 10.1 Å². The molecule has 1 aliphatic heterocycles. The van der Waals surface area contributed by atoms with Gasteiger partial charge in [-0.3, -0.25) is 19.5 Å². The first kappa shape index (κ1) is 24.9. The van der Waals surface area contributed by atoms with Crippen LogP contribution in [-0.4, -0.2) is 29.2 Å². The number of rotatable bonds is 7. The molecule has 11 heteroatoms. The number of thiazole rings is 1. The third-order valence-electron chi connectivity index (χ3n) is 5.85. The first-order valence-electron chi connectivity index (χ1n) is 11.6. The van der Waals surface area contributed by atoms with Gasteiger partial charge in [-0.05, 0) is 30.7 Å². The van der Waals surface area contributed by atoms with Crippen molar-refractivity contribution in [3.8, 4) is 5.75 Å². The van der Waals surface area contributed by atoms with E-state index in [9.17, 15) is 19.7 Å². The number of aromatic nitrogens is 1. The Labute approximate surface area is 219 Å².